The SMILES string of the molecule is CN(Cc1cnccn1)CC1CC(O)C1. The number of nitrogens with zero attached hydrogens (tertiary/aromatic N) is 3. The van der Waals surface area contributed by atoms with Gasteiger partial charge in [0.15, 0.2) is 0 Å². The van der Waals surface area contributed by atoms with Crippen LogP contribution in [0.1, 0.15) is 18.5 Å². The Kier molecular flexibility index (Phi) is 3.28. The van der Waals surface area contributed by atoms with E-state index in [1.54, 1.807) is 18.6 Å². The first-order valence-corrected chi connectivity index (χ1v) is 5.35. The second kappa shape index (κ2) is 4.68. The van der Waals surface area contributed by atoms with Gasteiger partial charge in [-0.3, -0.25) is 9.97 Å². The minimum atomic E-state index is -0.0556. The van der Waals surface area contributed by atoms with Gasteiger partial charge in [-0.25, -0.2) is 0 Å². The highest BCUT2D eigenvalue weighted by Crippen LogP contribution is 2.27. The molecule has 0 aliphatic heterocycles. The van der Waals surface area contributed by atoms with Gasteiger partial charge in [0.05, 0.1) is 11.8 Å². The Balaban J connectivity index is 1.75. The molecule has 4 nitrogen and oxygen atoms in total. The lowest BCUT2D eigenvalue weighted by molar-refractivity contribution is 0.0272. The Hall–Kier alpha value is -1.00. The van der Waals surface area contributed by atoms with Gasteiger partial charge in [-0.2, -0.15) is 0 Å². The minimum absolute atomic E-state index is 0.0556. The van der Waals surface area contributed by atoms with E-state index in [4.69, 9.17) is 0 Å². The highest BCUT2D eigenvalue weighted by molar-refractivity contribution is 4.94. The van der Waals surface area contributed by atoms with Gasteiger partial charge in [0.25, 0.3) is 0 Å². The third-order valence-corrected chi connectivity index (χ3v) is 2.83. The molecule has 0 saturated heterocycles. The summed E-state index contributed by atoms with van der Waals surface area (Å²) in [6.07, 6.45) is 7.05. The summed E-state index contributed by atoms with van der Waals surface area (Å²) in [6, 6.07) is 0. The number of aliphatic hydroxyl groups excluding tert-OH is 1. The van der Waals surface area contributed by atoms with E-state index in [1.165, 1.54) is 0 Å². The quantitative estimate of drug-likeness (QED) is 0.788. The van der Waals surface area contributed by atoms with E-state index >= 15 is 0 Å². The van der Waals surface area contributed by atoms with Gasteiger partial charge in [-0.15, -0.1) is 0 Å². The summed E-state index contributed by atoms with van der Waals surface area (Å²) in [5.74, 6) is 0.654. The van der Waals surface area contributed by atoms with E-state index in [2.05, 4.69) is 21.9 Å². The summed E-state index contributed by atoms with van der Waals surface area (Å²) in [6.45, 7) is 1.87. The lowest BCUT2D eigenvalue weighted by Gasteiger charge is -2.34. The molecule has 1 aliphatic rings. The van der Waals surface area contributed by atoms with Crippen LogP contribution in [0, 0.1) is 5.92 Å². The van der Waals surface area contributed by atoms with Gasteiger partial charge in [0.1, 0.15) is 0 Å². The van der Waals surface area contributed by atoms with Gasteiger partial charge in [-0.1, -0.05) is 0 Å². The highest BCUT2D eigenvalue weighted by Gasteiger charge is 2.27. The number of aliphatic hydroxyl groups is 1. The van der Waals surface area contributed by atoms with Crippen LogP contribution in [0.2, 0.25) is 0 Å². The highest BCUT2D eigenvalue weighted by atomic mass is 16.3. The van der Waals surface area contributed by atoms with Crippen LogP contribution in [0.25, 0.3) is 0 Å². The standard InChI is InChI=1S/C11H17N3O/c1-14(7-9-4-11(15)5-9)8-10-6-12-2-3-13-10/h2-3,6,9,11,15H,4-5,7-8H2,1H3. The molecule has 4 heteroatoms. The first-order chi connectivity index (χ1) is 7.24. The molecule has 1 fully saturated rings. The predicted molar refractivity (Wildman–Crippen MR) is 57.1 cm³/mol. The molecule has 0 bridgehead atoms. The molecule has 0 radical (unpaired) electrons. The van der Waals surface area contributed by atoms with Crippen molar-refractivity contribution in [1.29, 1.82) is 0 Å². The fourth-order valence-corrected chi connectivity index (χ4v) is 2.04. The molecule has 1 saturated carbocycles. The summed E-state index contributed by atoms with van der Waals surface area (Å²) >= 11 is 0. The third kappa shape index (κ3) is 2.97. The maximum Gasteiger partial charge on any atom is 0.0726 e. The van der Waals surface area contributed by atoms with Crippen LogP contribution in [0.15, 0.2) is 18.6 Å². The molecule has 0 atom stereocenters. The number of aromatic nitrogens is 2. The lowest BCUT2D eigenvalue weighted by atomic mass is 9.82. The fraction of sp³-hybridized carbons (Fsp3) is 0.636. The van der Waals surface area contributed by atoms with Gasteiger partial charge in [0.2, 0.25) is 0 Å². The van der Waals surface area contributed by atoms with E-state index in [9.17, 15) is 5.11 Å². The maximum atomic E-state index is 9.18. The predicted octanol–water partition coefficient (Wildman–Crippen LogP) is 0.679. The van der Waals surface area contributed by atoms with E-state index < -0.39 is 0 Å². The zero-order valence-electron chi connectivity index (χ0n) is 9.00. The van der Waals surface area contributed by atoms with Gasteiger partial charge in [-0.05, 0) is 25.8 Å². The van der Waals surface area contributed by atoms with Crippen molar-refractivity contribution in [3.63, 3.8) is 0 Å². The molecule has 15 heavy (non-hydrogen) atoms. The number of hydrogen-bond acceptors (Lipinski definition) is 4. The van der Waals surface area contributed by atoms with Crippen molar-refractivity contribution in [2.24, 2.45) is 5.92 Å². The van der Waals surface area contributed by atoms with Crippen molar-refractivity contribution >= 4 is 0 Å². The first kappa shape index (κ1) is 10.5. The van der Waals surface area contributed by atoms with E-state index in [0.29, 0.717) is 5.92 Å². The average Bonchev–Trinajstić information content (AvgIpc) is 2.17. The Labute approximate surface area is 90.0 Å². The van der Waals surface area contributed by atoms with Crippen molar-refractivity contribution in [3.8, 4) is 0 Å². The number of hydrogen-bond donors (Lipinski definition) is 1. The molecule has 1 aliphatic carbocycles. The van der Waals surface area contributed by atoms with Crippen molar-refractivity contribution in [1.82, 2.24) is 14.9 Å². The van der Waals surface area contributed by atoms with Crippen molar-refractivity contribution in [2.45, 2.75) is 25.5 Å². The molecule has 2 rings (SSSR count). The molecule has 82 valence electrons. The molecule has 1 N–H and O–H groups in total. The molecular formula is C11H17N3O. The number of rotatable bonds is 4. The van der Waals surface area contributed by atoms with Crippen LogP contribution in [0.5, 0.6) is 0 Å². The van der Waals surface area contributed by atoms with Crippen LogP contribution >= 0.6 is 0 Å². The topological polar surface area (TPSA) is 49.2 Å². The molecule has 1 heterocycles. The zero-order chi connectivity index (χ0) is 10.7. The third-order valence-electron chi connectivity index (χ3n) is 2.83. The second-order valence-electron chi connectivity index (χ2n) is 4.38. The smallest absolute Gasteiger partial charge is 0.0726 e. The molecule has 0 unspecified atom stereocenters. The monoisotopic (exact) mass is 207 g/mol. The van der Waals surface area contributed by atoms with Gasteiger partial charge < -0.3 is 10.0 Å². The molecule has 1 aromatic rings. The molecule has 0 amide bonds. The first-order valence-electron chi connectivity index (χ1n) is 5.35. The van der Waals surface area contributed by atoms with E-state index in [0.717, 1.165) is 31.6 Å². The molecule has 0 aromatic carbocycles. The Morgan fingerprint density at radius 1 is 1.47 bits per heavy atom. The Morgan fingerprint density at radius 3 is 2.87 bits per heavy atom. The van der Waals surface area contributed by atoms with E-state index in [1.807, 2.05) is 0 Å². The largest absolute Gasteiger partial charge is 0.393 e. The second-order valence-corrected chi connectivity index (χ2v) is 4.38. The van der Waals surface area contributed by atoms with Crippen molar-refractivity contribution in [2.75, 3.05) is 13.6 Å². The summed E-state index contributed by atoms with van der Waals surface area (Å²) in [7, 11) is 2.08. The Bertz CT molecular complexity index is 298. The van der Waals surface area contributed by atoms with Crippen LogP contribution in [0.4, 0.5) is 0 Å². The average molecular weight is 207 g/mol. The van der Waals surface area contributed by atoms with Crippen molar-refractivity contribution < 1.29 is 5.11 Å². The van der Waals surface area contributed by atoms with Gasteiger partial charge in [0, 0.05) is 31.7 Å². The minimum Gasteiger partial charge on any atom is -0.393 e. The summed E-state index contributed by atoms with van der Waals surface area (Å²) in [5.41, 5.74) is 1.000. The summed E-state index contributed by atoms with van der Waals surface area (Å²) in [4.78, 5) is 10.5. The molecule has 1 aromatic heterocycles. The van der Waals surface area contributed by atoms with Crippen molar-refractivity contribution in [3.05, 3.63) is 24.3 Å². The maximum absolute atomic E-state index is 9.18. The molecular weight excluding hydrogens is 190 g/mol. The van der Waals surface area contributed by atoms with Crippen LogP contribution in [-0.4, -0.2) is 39.7 Å². The lowest BCUT2D eigenvalue weighted by Crippen LogP contribution is -2.36. The normalized spacial score (nSPS) is 25.3. The van der Waals surface area contributed by atoms with Gasteiger partial charge >= 0.3 is 0 Å². The zero-order valence-corrected chi connectivity index (χ0v) is 9.00. The fourth-order valence-electron chi connectivity index (χ4n) is 2.04. The van der Waals surface area contributed by atoms with E-state index in [-0.39, 0.29) is 6.10 Å². The Morgan fingerprint density at radius 2 is 2.27 bits per heavy atom. The van der Waals surface area contributed by atoms with Crippen LogP contribution < -0.4 is 0 Å². The summed E-state index contributed by atoms with van der Waals surface area (Å²) in [5, 5.41) is 9.18. The van der Waals surface area contributed by atoms with Crippen LogP contribution in [0.3, 0.4) is 0 Å². The molecule has 0 spiro atoms. The summed E-state index contributed by atoms with van der Waals surface area (Å²) < 4.78 is 0. The van der Waals surface area contributed by atoms with Crippen LogP contribution in [-0.2, 0) is 6.54 Å².